The minimum absolute atomic E-state index is 0.00867. The van der Waals surface area contributed by atoms with E-state index < -0.39 is 10.0 Å². The summed E-state index contributed by atoms with van der Waals surface area (Å²) in [6, 6.07) is 7.85. The summed E-state index contributed by atoms with van der Waals surface area (Å²) in [5.74, 6) is 0.786. The summed E-state index contributed by atoms with van der Waals surface area (Å²) < 4.78 is 25.4. The normalized spacial score (nSPS) is 13.7. The van der Waals surface area contributed by atoms with E-state index >= 15 is 0 Å². The molecule has 1 unspecified atom stereocenters. The smallest absolute Gasteiger partial charge is 0.215 e. The highest BCUT2D eigenvalue weighted by atomic mass is 32.2. The third-order valence-corrected chi connectivity index (χ3v) is 4.79. The summed E-state index contributed by atoms with van der Waals surface area (Å²) in [7, 11) is -1.81. The third-order valence-electron chi connectivity index (χ3n) is 3.45. The highest BCUT2D eigenvalue weighted by molar-refractivity contribution is 7.88. The van der Waals surface area contributed by atoms with Crippen LogP contribution in [0, 0.1) is 0 Å². The SMILES string of the molecule is CCNC(=NCc1ccc(CS(=O)(=O)NC)cc1)NC(C)CC. The van der Waals surface area contributed by atoms with Crippen molar-refractivity contribution in [3.63, 3.8) is 0 Å². The Morgan fingerprint density at radius 3 is 2.30 bits per heavy atom. The Morgan fingerprint density at radius 1 is 1.17 bits per heavy atom. The monoisotopic (exact) mass is 340 g/mol. The van der Waals surface area contributed by atoms with Crippen molar-refractivity contribution >= 4 is 16.0 Å². The second-order valence-corrected chi connectivity index (χ2v) is 7.35. The number of hydrogen-bond donors (Lipinski definition) is 3. The van der Waals surface area contributed by atoms with Gasteiger partial charge in [-0.05, 0) is 38.4 Å². The molecular formula is C16H28N4O2S. The van der Waals surface area contributed by atoms with Gasteiger partial charge in [0.2, 0.25) is 10.0 Å². The zero-order valence-corrected chi connectivity index (χ0v) is 15.2. The molecule has 6 nitrogen and oxygen atoms in total. The highest BCUT2D eigenvalue weighted by Gasteiger charge is 2.08. The van der Waals surface area contributed by atoms with E-state index in [0.717, 1.165) is 30.1 Å². The quantitative estimate of drug-likeness (QED) is 0.496. The molecule has 0 amide bonds. The summed E-state index contributed by atoms with van der Waals surface area (Å²) in [6.45, 7) is 7.63. The molecule has 0 aliphatic carbocycles. The molecule has 0 saturated carbocycles. The average Bonchev–Trinajstić information content (AvgIpc) is 2.53. The van der Waals surface area contributed by atoms with Gasteiger partial charge in [-0.15, -0.1) is 0 Å². The van der Waals surface area contributed by atoms with Crippen LogP contribution in [0.2, 0.25) is 0 Å². The standard InChI is InChI=1S/C16H28N4O2S/c1-5-13(3)20-16(18-6-2)19-11-14-7-9-15(10-8-14)12-23(21,22)17-4/h7-10,13,17H,5-6,11-12H2,1-4H3,(H2,18,19,20). The lowest BCUT2D eigenvalue weighted by molar-refractivity contribution is 0.587. The molecule has 1 rings (SSSR count). The van der Waals surface area contributed by atoms with Crippen molar-refractivity contribution in [2.45, 2.75) is 45.5 Å². The van der Waals surface area contributed by atoms with E-state index in [-0.39, 0.29) is 5.75 Å². The minimum Gasteiger partial charge on any atom is -0.357 e. The van der Waals surface area contributed by atoms with Crippen LogP contribution in [0.5, 0.6) is 0 Å². The first-order valence-corrected chi connectivity index (χ1v) is 9.59. The summed E-state index contributed by atoms with van der Waals surface area (Å²) in [4.78, 5) is 4.56. The van der Waals surface area contributed by atoms with Crippen LogP contribution in [-0.4, -0.2) is 34.0 Å². The molecule has 0 spiro atoms. The molecule has 1 aromatic carbocycles. The number of benzene rings is 1. The van der Waals surface area contributed by atoms with Gasteiger partial charge in [0.05, 0.1) is 12.3 Å². The fraction of sp³-hybridized carbons (Fsp3) is 0.562. The van der Waals surface area contributed by atoms with Crippen LogP contribution < -0.4 is 15.4 Å². The maximum Gasteiger partial charge on any atom is 0.215 e. The van der Waals surface area contributed by atoms with Crippen molar-refractivity contribution in [2.75, 3.05) is 13.6 Å². The van der Waals surface area contributed by atoms with Crippen LogP contribution in [0.25, 0.3) is 0 Å². The lowest BCUT2D eigenvalue weighted by Crippen LogP contribution is -2.41. The molecule has 0 aromatic heterocycles. The van der Waals surface area contributed by atoms with Gasteiger partial charge in [-0.3, -0.25) is 0 Å². The van der Waals surface area contributed by atoms with E-state index in [1.54, 1.807) is 0 Å². The average molecular weight is 340 g/mol. The van der Waals surface area contributed by atoms with Gasteiger partial charge in [0.25, 0.3) is 0 Å². The van der Waals surface area contributed by atoms with Crippen molar-refractivity contribution in [1.82, 2.24) is 15.4 Å². The van der Waals surface area contributed by atoms with Gasteiger partial charge in [-0.2, -0.15) is 0 Å². The molecule has 0 fully saturated rings. The first-order valence-electron chi connectivity index (χ1n) is 7.94. The molecule has 3 N–H and O–H groups in total. The van der Waals surface area contributed by atoms with Gasteiger partial charge in [-0.1, -0.05) is 31.2 Å². The number of guanidine groups is 1. The van der Waals surface area contributed by atoms with E-state index in [9.17, 15) is 8.42 Å². The second kappa shape index (κ2) is 9.52. The Labute approximate surface area is 139 Å². The first kappa shape index (κ1) is 19.4. The van der Waals surface area contributed by atoms with Crippen LogP contribution in [0.1, 0.15) is 38.3 Å². The predicted molar refractivity (Wildman–Crippen MR) is 95.8 cm³/mol. The minimum atomic E-state index is -3.23. The van der Waals surface area contributed by atoms with Crippen molar-refractivity contribution in [2.24, 2.45) is 4.99 Å². The van der Waals surface area contributed by atoms with Crippen molar-refractivity contribution < 1.29 is 8.42 Å². The molecule has 0 aliphatic rings. The highest BCUT2D eigenvalue weighted by Crippen LogP contribution is 2.08. The van der Waals surface area contributed by atoms with Crippen molar-refractivity contribution in [3.05, 3.63) is 35.4 Å². The molecule has 0 saturated heterocycles. The number of nitrogens with zero attached hydrogens (tertiary/aromatic N) is 1. The van der Waals surface area contributed by atoms with Gasteiger partial charge in [-0.25, -0.2) is 18.1 Å². The third kappa shape index (κ3) is 7.47. The van der Waals surface area contributed by atoms with E-state index in [0.29, 0.717) is 12.6 Å². The zero-order valence-electron chi connectivity index (χ0n) is 14.4. The van der Waals surface area contributed by atoms with Gasteiger partial charge in [0, 0.05) is 12.6 Å². The van der Waals surface area contributed by atoms with E-state index in [1.165, 1.54) is 7.05 Å². The molecule has 0 bridgehead atoms. The lowest BCUT2D eigenvalue weighted by Gasteiger charge is -2.16. The molecule has 1 aromatic rings. The molecule has 7 heteroatoms. The summed E-state index contributed by atoms with van der Waals surface area (Å²) in [5, 5.41) is 6.56. The number of sulfonamides is 1. The van der Waals surface area contributed by atoms with Gasteiger partial charge < -0.3 is 10.6 Å². The van der Waals surface area contributed by atoms with E-state index in [1.807, 2.05) is 31.2 Å². The van der Waals surface area contributed by atoms with Gasteiger partial charge >= 0.3 is 0 Å². The summed E-state index contributed by atoms with van der Waals surface area (Å²) >= 11 is 0. The molecule has 0 heterocycles. The van der Waals surface area contributed by atoms with Crippen LogP contribution >= 0.6 is 0 Å². The van der Waals surface area contributed by atoms with E-state index in [4.69, 9.17) is 0 Å². The predicted octanol–water partition coefficient (Wildman–Crippen LogP) is 1.59. The van der Waals surface area contributed by atoms with Crippen molar-refractivity contribution in [1.29, 1.82) is 0 Å². The molecule has 23 heavy (non-hydrogen) atoms. The van der Waals surface area contributed by atoms with Gasteiger partial charge in [0.1, 0.15) is 0 Å². The van der Waals surface area contributed by atoms with E-state index in [2.05, 4.69) is 34.2 Å². The Morgan fingerprint density at radius 2 is 1.78 bits per heavy atom. The van der Waals surface area contributed by atoms with Crippen LogP contribution in [0.15, 0.2) is 29.3 Å². The number of aliphatic imine (C=N–C) groups is 1. The second-order valence-electron chi connectivity index (χ2n) is 5.43. The molecule has 0 radical (unpaired) electrons. The molecule has 0 aliphatic heterocycles. The van der Waals surface area contributed by atoms with Crippen LogP contribution in [-0.2, 0) is 22.3 Å². The van der Waals surface area contributed by atoms with Crippen LogP contribution in [0.3, 0.4) is 0 Å². The fourth-order valence-electron chi connectivity index (χ4n) is 1.86. The van der Waals surface area contributed by atoms with Gasteiger partial charge in [0.15, 0.2) is 5.96 Å². The fourth-order valence-corrected chi connectivity index (χ4v) is 2.63. The lowest BCUT2D eigenvalue weighted by atomic mass is 10.1. The maximum absolute atomic E-state index is 11.5. The Hall–Kier alpha value is -1.60. The summed E-state index contributed by atoms with van der Waals surface area (Å²) in [5.41, 5.74) is 1.80. The Balaban J connectivity index is 2.70. The summed E-state index contributed by atoms with van der Waals surface area (Å²) in [6.07, 6.45) is 1.03. The zero-order chi connectivity index (χ0) is 17.3. The maximum atomic E-state index is 11.5. The van der Waals surface area contributed by atoms with Crippen molar-refractivity contribution in [3.8, 4) is 0 Å². The topological polar surface area (TPSA) is 82.6 Å². The van der Waals surface area contributed by atoms with Crippen LogP contribution in [0.4, 0.5) is 0 Å². The molecule has 1 atom stereocenters. The number of rotatable bonds is 8. The Bertz CT molecular complexity index is 597. The Kier molecular flexibility index (Phi) is 8.05. The molecule has 130 valence electrons. The number of nitrogens with one attached hydrogen (secondary N) is 3. The number of hydrogen-bond acceptors (Lipinski definition) is 3. The molecular weight excluding hydrogens is 312 g/mol. The largest absolute Gasteiger partial charge is 0.357 e. The first-order chi connectivity index (χ1) is 10.9.